The van der Waals surface area contributed by atoms with E-state index in [9.17, 15) is 19.7 Å². The molecule has 2 heterocycles. The van der Waals surface area contributed by atoms with Gasteiger partial charge in [0.15, 0.2) is 0 Å². The predicted octanol–water partition coefficient (Wildman–Crippen LogP) is 3.51. The zero-order valence-electron chi connectivity index (χ0n) is 18.8. The SMILES string of the molecule is CC(=O)N1CCN(c2ccccc2NC(=O)c2ccc(N3CCCCC3)c([N+](=O)[O-])c2)CC1. The Labute approximate surface area is 193 Å². The Bertz CT molecular complexity index is 1040. The molecular weight excluding hydrogens is 422 g/mol. The molecule has 2 fully saturated rings. The van der Waals surface area contributed by atoms with Gasteiger partial charge in [0.2, 0.25) is 5.91 Å². The Morgan fingerprint density at radius 2 is 1.55 bits per heavy atom. The first-order valence-electron chi connectivity index (χ1n) is 11.4. The summed E-state index contributed by atoms with van der Waals surface area (Å²) in [5.74, 6) is -0.330. The first-order chi connectivity index (χ1) is 15.9. The number of piperidine rings is 1. The van der Waals surface area contributed by atoms with Crippen molar-refractivity contribution in [3.63, 3.8) is 0 Å². The Hall–Kier alpha value is -3.62. The number of nitrogens with one attached hydrogen (secondary N) is 1. The lowest BCUT2D eigenvalue weighted by Crippen LogP contribution is -2.48. The van der Waals surface area contributed by atoms with E-state index in [2.05, 4.69) is 10.2 Å². The van der Waals surface area contributed by atoms with Crippen LogP contribution in [0.4, 0.5) is 22.7 Å². The lowest BCUT2D eigenvalue weighted by atomic mass is 10.1. The minimum Gasteiger partial charge on any atom is -0.366 e. The Morgan fingerprint density at radius 3 is 2.21 bits per heavy atom. The van der Waals surface area contributed by atoms with Gasteiger partial charge in [0, 0.05) is 57.8 Å². The van der Waals surface area contributed by atoms with E-state index in [-0.39, 0.29) is 17.2 Å². The van der Waals surface area contributed by atoms with Crippen LogP contribution in [-0.4, -0.2) is 60.9 Å². The zero-order valence-corrected chi connectivity index (χ0v) is 18.8. The van der Waals surface area contributed by atoms with Crippen LogP contribution >= 0.6 is 0 Å². The van der Waals surface area contributed by atoms with E-state index in [1.807, 2.05) is 29.2 Å². The Morgan fingerprint density at radius 1 is 0.879 bits per heavy atom. The summed E-state index contributed by atoms with van der Waals surface area (Å²) in [6.45, 7) is 5.74. The van der Waals surface area contributed by atoms with Gasteiger partial charge in [-0.15, -0.1) is 0 Å². The standard InChI is InChI=1S/C24H29N5O4/c1-18(30)26-13-15-28(16-14-26)21-8-4-3-7-20(21)25-24(31)19-9-10-22(23(17-19)29(32)33)27-11-5-2-6-12-27/h3-4,7-10,17H,2,5-6,11-16H2,1H3,(H,25,31). The van der Waals surface area contributed by atoms with Gasteiger partial charge in [-0.05, 0) is 43.5 Å². The zero-order chi connectivity index (χ0) is 23.4. The molecule has 0 bridgehead atoms. The fraction of sp³-hybridized carbons (Fsp3) is 0.417. The third-order valence-electron chi connectivity index (χ3n) is 6.35. The molecule has 4 rings (SSSR count). The van der Waals surface area contributed by atoms with Crippen molar-refractivity contribution in [2.45, 2.75) is 26.2 Å². The van der Waals surface area contributed by atoms with Crippen LogP contribution in [0.3, 0.4) is 0 Å². The summed E-state index contributed by atoms with van der Waals surface area (Å²) in [7, 11) is 0. The number of para-hydroxylation sites is 2. The van der Waals surface area contributed by atoms with Gasteiger partial charge >= 0.3 is 0 Å². The maximum absolute atomic E-state index is 13.0. The van der Waals surface area contributed by atoms with E-state index in [0.29, 0.717) is 37.6 Å². The lowest BCUT2D eigenvalue weighted by Gasteiger charge is -2.36. The van der Waals surface area contributed by atoms with Gasteiger partial charge in [0.05, 0.1) is 16.3 Å². The van der Waals surface area contributed by atoms with Gasteiger partial charge in [0.1, 0.15) is 5.69 Å². The summed E-state index contributed by atoms with van der Waals surface area (Å²) in [5, 5.41) is 14.7. The average molecular weight is 452 g/mol. The van der Waals surface area contributed by atoms with E-state index in [4.69, 9.17) is 0 Å². The fourth-order valence-electron chi connectivity index (χ4n) is 4.52. The third-order valence-corrected chi connectivity index (χ3v) is 6.35. The number of hydrogen-bond acceptors (Lipinski definition) is 6. The summed E-state index contributed by atoms with van der Waals surface area (Å²) in [5.41, 5.74) is 2.28. The van der Waals surface area contributed by atoms with Gasteiger partial charge in [-0.2, -0.15) is 0 Å². The Kier molecular flexibility index (Phi) is 6.76. The second kappa shape index (κ2) is 9.89. The minimum absolute atomic E-state index is 0.0433. The number of nitro groups is 1. The molecule has 2 saturated heterocycles. The number of carbonyl (C=O) groups excluding carboxylic acids is 2. The number of nitro benzene ring substituents is 1. The van der Waals surface area contributed by atoms with Crippen molar-refractivity contribution in [3.05, 3.63) is 58.1 Å². The first-order valence-corrected chi connectivity index (χ1v) is 11.4. The summed E-state index contributed by atoms with van der Waals surface area (Å²) in [6.07, 6.45) is 3.15. The number of carbonyl (C=O) groups is 2. The lowest BCUT2D eigenvalue weighted by molar-refractivity contribution is -0.384. The molecule has 0 unspecified atom stereocenters. The molecule has 0 saturated carbocycles. The van der Waals surface area contributed by atoms with Gasteiger partial charge in [-0.1, -0.05) is 12.1 Å². The van der Waals surface area contributed by atoms with E-state index >= 15 is 0 Å². The molecule has 1 N–H and O–H groups in total. The van der Waals surface area contributed by atoms with Crippen LogP contribution in [0.2, 0.25) is 0 Å². The molecule has 2 aromatic carbocycles. The van der Waals surface area contributed by atoms with Crippen LogP contribution in [0.25, 0.3) is 0 Å². The second-order valence-corrected chi connectivity index (χ2v) is 8.47. The van der Waals surface area contributed by atoms with Crippen LogP contribution < -0.4 is 15.1 Å². The highest BCUT2D eigenvalue weighted by Crippen LogP contribution is 2.32. The number of amides is 2. The Balaban J connectivity index is 1.52. The highest BCUT2D eigenvalue weighted by atomic mass is 16.6. The third kappa shape index (κ3) is 5.08. The highest BCUT2D eigenvalue weighted by molar-refractivity contribution is 6.06. The molecule has 2 aromatic rings. The number of hydrogen-bond donors (Lipinski definition) is 1. The van der Waals surface area contributed by atoms with Gasteiger partial charge in [0.25, 0.3) is 11.6 Å². The molecule has 0 radical (unpaired) electrons. The molecule has 33 heavy (non-hydrogen) atoms. The van der Waals surface area contributed by atoms with Crippen LogP contribution in [0.15, 0.2) is 42.5 Å². The minimum atomic E-state index is -0.414. The predicted molar refractivity (Wildman–Crippen MR) is 128 cm³/mol. The van der Waals surface area contributed by atoms with E-state index in [1.165, 1.54) is 6.07 Å². The number of nitrogens with zero attached hydrogens (tertiary/aromatic N) is 4. The number of anilines is 3. The highest BCUT2D eigenvalue weighted by Gasteiger charge is 2.24. The summed E-state index contributed by atoms with van der Waals surface area (Å²) < 4.78 is 0. The van der Waals surface area contributed by atoms with Crippen LogP contribution in [0, 0.1) is 10.1 Å². The molecule has 2 aliphatic heterocycles. The van der Waals surface area contributed by atoms with E-state index in [0.717, 1.165) is 38.0 Å². The van der Waals surface area contributed by atoms with Crippen LogP contribution in [0.1, 0.15) is 36.5 Å². The number of benzene rings is 2. The summed E-state index contributed by atoms with van der Waals surface area (Å²) in [6, 6.07) is 12.2. The molecule has 174 valence electrons. The van der Waals surface area contributed by atoms with Crippen LogP contribution in [0.5, 0.6) is 0 Å². The normalized spacial score (nSPS) is 16.5. The molecular formula is C24H29N5O4. The molecule has 2 amide bonds. The number of rotatable bonds is 5. The summed E-state index contributed by atoms with van der Waals surface area (Å²) >= 11 is 0. The van der Waals surface area contributed by atoms with Crippen molar-refractivity contribution in [1.82, 2.24) is 4.90 Å². The largest absolute Gasteiger partial charge is 0.366 e. The van der Waals surface area contributed by atoms with Crippen LogP contribution in [-0.2, 0) is 4.79 Å². The second-order valence-electron chi connectivity index (χ2n) is 8.47. The van der Waals surface area contributed by atoms with E-state index < -0.39 is 10.8 Å². The van der Waals surface area contributed by atoms with Crippen molar-refractivity contribution in [1.29, 1.82) is 0 Å². The van der Waals surface area contributed by atoms with Crippen molar-refractivity contribution in [3.8, 4) is 0 Å². The first kappa shape index (κ1) is 22.6. The van der Waals surface area contributed by atoms with Crippen molar-refractivity contribution in [2.75, 3.05) is 54.4 Å². The summed E-state index contributed by atoms with van der Waals surface area (Å²) in [4.78, 5) is 41.9. The quantitative estimate of drug-likeness (QED) is 0.552. The molecule has 2 aliphatic rings. The van der Waals surface area contributed by atoms with Gasteiger partial charge in [-0.3, -0.25) is 19.7 Å². The fourth-order valence-corrected chi connectivity index (χ4v) is 4.52. The molecule has 0 aromatic heterocycles. The topological polar surface area (TPSA) is 99.0 Å². The van der Waals surface area contributed by atoms with Crippen molar-refractivity contribution < 1.29 is 14.5 Å². The smallest absolute Gasteiger partial charge is 0.293 e. The van der Waals surface area contributed by atoms with Gasteiger partial charge < -0.3 is 20.0 Å². The molecule has 9 heteroatoms. The maximum atomic E-state index is 13.0. The van der Waals surface area contributed by atoms with E-state index in [1.54, 1.807) is 24.0 Å². The molecule has 9 nitrogen and oxygen atoms in total. The molecule has 0 atom stereocenters. The average Bonchev–Trinajstić information content (AvgIpc) is 2.84. The molecule has 0 aliphatic carbocycles. The molecule has 0 spiro atoms. The number of piperazine rings is 1. The van der Waals surface area contributed by atoms with Crippen molar-refractivity contribution in [2.24, 2.45) is 0 Å². The van der Waals surface area contributed by atoms with Crippen molar-refractivity contribution >= 4 is 34.6 Å². The van der Waals surface area contributed by atoms with Gasteiger partial charge in [-0.25, -0.2) is 0 Å². The monoisotopic (exact) mass is 451 g/mol. The maximum Gasteiger partial charge on any atom is 0.293 e.